The first-order valence-electron chi connectivity index (χ1n) is 9.33. The molecule has 1 atom stereocenters. The molecule has 1 aliphatic rings. The molecular formula is C22H24N2O5. The third-order valence-corrected chi connectivity index (χ3v) is 4.51. The van der Waals surface area contributed by atoms with Gasteiger partial charge in [-0.1, -0.05) is 36.4 Å². The molecule has 0 radical (unpaired) electrons. The van der Waals surface area contributed by atoms with Crippen LogP contribution in [0, 0.1) is 0 Å². The van der Waals surface area contributed by atoms with Crippen molar-refractivity contribution in [2.24, 2.45) is 0 Å². The van der Waals surface area contributed by atoms with Gasteiger partial charge in [0.2, 0.25) is 0 Å². The van der Waals surface area contributed by atoms with Gasteiger partial charge < -0.3 is 24.8 Å². The number of esters is 1. The Hall–Kier alpha value is -3.48. The normalized spacial score (nSPS) is 16.0. The molecule has 2 aromatic rings. The number of rotatable bonds is 7. The van der Waals surface area contributed by atoms with Gasteiger partial charge in [0.05, 0.1) is 25.3 Å². The highest BCUT2D eigenvalue weighted by atomic mass is 16.5. The SMILES string of the molecule is CCOc1cc([C@@H]2NC(=O)NC(C)=C2C(=O)OC)ccc1OCc1ccccc1. The number of hydrogen-bond acceptors (Lipinski definition) is 5. The zero-order valence-electron chi connectivity index (χ0n) is 16.7. The topological polar surface area (TPSA) is 85.9 Å². The summed E-state index contributed by atoms with van der Waals surface area (Å²) < 4.78 is 16.6. The van der Waals surface area contributed by atoms with Crippen LogP contribution >= 0.6 is 0 Å². The third kappa shape index (κ3) is 4.68. The van der Waals surface area contributed by atoms with Gasteiger partial charge in [-0.3, -0.25) is 0 Å². The van der Waals surface area contributed by atoms with Crippen LogP contribution in [0.1, 0.15) is 31.0 Å². The average Bonchev–Trinajstić information content (AvgIpc) is 2.72. The lowest BCUT2D eigenvalue weighted by atomic mass is 9.95. The molecule has 152 valence electrons. The lowest BCUT2D eigenvalue weighted by Crippen LogP contribution is -2.45. The summed E-state index contributed by atoms with van der Waals surface area (Å²) in [5.41, 5.74) is 2.52. The number of carbonyl (C=O) groups is 2. The smallest absolute Gasteiger partial charge is 0.337 e. The van der Waals surface area contributed by atoms with E-state index in [-0.39, 0.29) is 6.03 Å². The van der Waals surface area contributed by atoms with E-state index in [0.29, 0.717) is 41.5 Å². The lowest BCUT2D eigenvalue weighted by molar-refractivity contribution is -0.136. The molecule has 1 aliphatic heterocycles. The number of methoxy groups -OCH3 is 1. The molecule has 29 heavy (non-hydrogen) atoms. The molecule has 0 saturated carbocycles. The maximum Gasteiger partial charge on any atom is 0.337 e. The molecule has 2 N–H and O–H groups in total. The van der Waals surface area contributed by atoms with Crippen molar-refractivity contribution in [1.82, 2.24) is 10.6 Å². The standard InChI is InChI=1S/C22H24N2O5/c1-4-28-18-12-16(10-11-17(18)29-13-15-8-6-5-7-9-15)20-19(21(25)27-3)14(2)23-22(26)24-20/h5-12,20H,4,13H2,1-3H3,(H2,23,24,26)/t20-/m0/s1. The molecule has 0 unspecified atom stereocenters. The van der Waals surface area contributed by atoms with Crippen molar-refractivity contribution in [1.29, 1.82) is 0 Å². The van der Waals surface area contributed by atoms with Crippen molar-refractivity contribution in [3.8, 4) is 11.5 Å². The minimum absolute atomic E-state index is 0.340. The second kappa shape index (κ2) is 9.14. The summed E-state index contributed by atoms with van der Waals surface area (Å²) in [5.74, 6) is 0.609. The van der Waals surface area contributed by atoms with Crippen molar-refractivity contribution in [2.75, 3.05) is 13.7 Å². The van der Waals surface area contributed by atoms with Crippen molar-refractivity contribution in [3.63, 3.8) is 0 Å². The number of amides is 2. The summed E-state index contributed by atoms with van der Waals surface area (Å²) in [4.78, 5) is 24.3. The van der Waals surface area contributed by atoms with E-state index in [1.807, 2.05) is 37.3 Å². The number of hydrogen-bond donors (Lipinski definition) is 2. The van der Waals surface area contributed by atoms with Crippen LogP contribution in [0.2, 0.25) is 0 Å². The zero-order chi connectivity index (χ0) is 20.8. The van der Waals surface area contributed by atoms with Crippen LogP contribution < -0.4 is 20.1 Å². The lowest BCUT2D eigenvalue weighted by Gasteiger charge is -2.28. The quantitative estimate of drug-likeness (QED) is 0.700. The predicted octanol–water partition coefficient (Wildman–Crippen LogP) is 3.47. The molecule has 1 heterocycles. The van der Waals surface area contributed by atoms with E-state index in [0.717, 1.165) is 5.56 Å². The van der Waals surface area contributed by atoms with E-state index in [9.17, 15) is 9.59 Å². The molecule has 0 aromatic heterocycles. The Bertz CT molecular complexity index is 924. The van der Waals surface area contributed by atoms with Gasteiger partial charge in [0.15, 0.2) is 11.5 Å². The Kier molecular flexibility index (Phi) is 6.39. The Labute approximate surface area is 169 Å². The molecule has 0 saturated heterocycles. The number of urea groups is 1. The fraction of sp³-hybridized carbons (Fsp3) is 0.273. The molecule has 7 heteroatoms. The molecule has 3 rings (SSSR count). The van der Waals surface area contributed by atoms with Crippen molar-refractivity contribution >= 4 is 12.0 Å². The van der Waals surface area contributed by atoms with Crippen LogP contribution in [-0.2, 0) is 16.1 Å². The molecule has 7 nitrogen and oxygen atoms in total. The van der Waals surface area contributed by atoms with Crippen LogP contribution in [0.5, 0.6) is 11.5 Å². The highest BCUT2D eigenvalue weighted by molar-refractivity contribution is 5.95. The minimum atomic E-state index is -0.654. The zero-order valence-corrected chi connectivity index (χ0v) is 16.7. The van der Waals surface area contributed by atoms with Crippen LogP contribution in [0.25, 0.3) is 0 Å². The summed E-state index contributed by atoms with van der Waals surface area (Å²) in [7, 11) is 1.31. The van der Waals surface area contributed by atoms with Gasteiger partial charge in [-0.25, -0.2) is 9.59 Å². The third-order valence-electron chi connectivity index (χ3n) is 4.51. The molecule has 2 amide bonds. The van der Waals surface area contributed by atoms with Gasteiger partial charge in [-0.05, 0) is 37.1 Å². The van der Waals surface area contributed by atoms with Gasteiger partial charge in [0.25, 0.3) is 0 Å². The van der Waals surface area contributed by atoms with Gasteiger partial charge >= 0.3 is 12.0 Å². The Balaban J connectivity index is 1.91. The Morgan fingerprint density at radius 1 is 1.07 bits per heavy atom. The maximum atomic E-state index is 12.3. The van der Waals surface area contributed by atoms with E-state index in [1.54, 1.807) is 25.1 Å². The largest absolute Gasteiger partial charge is 0.490 e. The fourth-order valence-corrected chi connectivity index (χ4v) is 3.15. The average molecular weight is 396 g/mol. The molecule has 0 fully saturated rings. The van der Waals surface area contributed by atoms with Crippen LogP contribution in [0.3, 0.4) is 0 Å². The second-order valence-corrected chi connectivity index (χ2v) is 6.48. The molecule has 2 aromatic carbocycles. The van der Waals surface area contributed by atoms with E-state index in [4.69, 9.17) is 14.2 Å². The Morgan fingerprint density at radius 2 is 1.83 bits per heavy atom. The van der Waals surface area contributed by atoms with E-state index in [1.165, 1.54) is 7.11 Å². The van der Waals surface area contributed by atoms with Gasteiger partial charge in [-0.15, -0.1) is 0 Å². The van der Waals surface area contributed by atoms with E-state index < -0.39 is 12.0 Å². The van der Waals surface area contributed by atoms with Gasteiger partial charge in [0.1, 0.15) is 6.61 Å². The second-order valence-electron chi connectivity index (χ2n) is 6.48. The highest BCUT2D eigenvalue weighted by Gasteiger charge is 2.32. The molecule has 0 spiro atoms. The first kappa shape index (κ1) is 20.3. The van der Waals surface area contributed by atoms with Gasteiger partial charge in [-0.2, -0.15) is 0 Å². The molecule has 0 aliphatic carbocycles. The number of allylic oxidation sites excluding steroid dienone is 1. The number of benzene rings is 2. The maximum absolute atomic E-state index is 12.3. The summed E-state index contributed by atoms with van der Waals surface area (Å²) in [5, 5.41) is 5.38. The van der Waals surface area contributed by atoms with E-state index >= 15 is 0 Å². The van der Waals surface area contributed by atoms with Gasteiger partial charge in [0, 0.05) is 5.70 Å². The van der Waals surface area contributed by atoms with Crippen molar-refractivity contribution < 1.29 is 23.8 Å². The monoisotopic (exact) mass is 396 g/mol. The first-order valence-corrected chi connectivity index (χ1v) is 9.33. The van der Waals surface area contributed by atoms with Crippen LogP contribution in [-0.4, -0.2) is 25.7 Å². The van der Waals surface area contributed by atoms with Crippen molar-refractivity contribution in [3.05, 3.63) is 70.9 Å². The highest BCUT2D eigenvalue weighted by Crippen LogP contribution is 2.35. The molecule has 0 bridgehead atoms. The minimum Gasteiger partial charge on any atom is -0.490 e. The van der Waals surface area contributed by atoms with Crippen LogP contribution in [0.15, 0.2) is 59.8 Å². The van der Waals surface area contributed by atoms with Crippen LogP contribution in [0.4, 0.5) is 4.79 Å². The molecular weight excluding hydrogens is 372 g/mol. The summed E-state index contributed by atoms with van der Waals surface area (Å²) in [6.45, 7) is 4.39. The summed E-state index contributed by atoms with van der Waals surface area (Å²) >= 11 is 0. The van der Waals surface area contributed by atoms with E-state index in [2.05, 4.69) is 10.6 Å². The summed E-state index contributed by atoms with van der Waals surface area (Å²) in [6.07, 6.45) is 0. The Morgan fingerprint density at radius 3 is 2.52 bits per heavy atom. The number of nitrogens with one attached hydrogen (secondary N) is 2. The number of carbonyl (C=O) groups excluding carboxylic acids is 2. The fourth-order valence-electron chi connectivity index (χ4n) is 3.15. The number of ether oxygens (including phenoxy) is 3. The first-order chi connectivity index (χ1) is 14.0. The summed E-state index contributed by atoms with van der Waals surface area (Å²) in [6, 6.07) is 14.1. The predicted molar refractivity (Wildman–Crippen MR) is 108 cm³/mol. The van der Waals surface area contributed by atoms with Crippen molar-refractivity contribution in [2.45, 2.75) is 26.5 Å².